The van der Waals surface area contributed by atoms with Gasteiger partial charge in [0, 0.05) is 48.1 Å². The van der Waals surface area contributed by atoms with Gasteiger partial charge in [0.1, 0.15) is 5.54 Å². The van der Waals surface area contributed by atoms with Crippen molar-refractivity contribution in [1.82, 2.24) is 29.6 Å². The van der Waals surface area contributed by atoms with Gasteiger partial charge in [-0.3, -0.25) is 4.79 Å². The monoisotopic (exact) mass is 518 g/mol. The van der Waals surface area contributed by atoms with Crippen molar-refractivity contribution in [3.8, 4) is 11.2 Å². The molecule has 1 aliphatic heterocycles. The molecular weight excluding hydrogens is 494 g/mol. The minimum absolute atomic E-state index is 0.0443. The summed E-state index contributed by atoms with van der Waals surface area (Å²) >= 11 is 2.18. The van der Waals surface area contributed by atoms with Gasteiger partial charge in [0.2, 0.25) is 11.0 Å². The number of alkyl halides is 2. The number of nitrogens with zero attached hydrogens (tertiary/aromatic N) is 7. The molecule has 1 aromatic carbocycles. The zero-order valence-corrected chi connectivity index (χ0v) is 20.9. The third-order valence-corrected chi connectivity index (χ3v) is 8.06. The summed E-state index contributed by atoms with van der Waals surface area (Å²) in [4.78, 5) is 17.4. The number of carbonyl (C=O) groups is 1. The molecule has 0 bridgehead atoms. The van der Waals surface area contributed by atoms with Gasteiger partial charge >= 0.3 is 0 Å². The fraction of sp³-hybridized carbons (Fsp3) is 0.500. The smallest absolute Gasteiger partial charge is 0.291 e. The zero-order valence-electron chi connectivity index (χ0n) is 19.2. The van der Waals surface area contributed by atoms with E-state index in [1.165, 1.54) is 16.6 Å². The van der Waals surface area contributed by atoms with Crippen LogP contribution >= 0.6 is 23.3 Å². The Morgan fingerprint density at radius 1 is 1.23 bits per heavy atom. The van der Waals surface area contributed by atoms with Crippen LogP contribution in [0.2, 0.25) is 0 Å². The van der Waals surface area contributed by atoms with Gasteiger partial charge in [0.25, 0.3) is 6.43 Å². The van der Waals surface area contributed by atoms with Crippen LogP contribution in [-0.4, -0.2) is 62.5 Å². The molecule has 2 aromatic heterocycles. The number of benzene rings is 1. The van der Waals surface area contributed by atoms with Crippen molar-refractivity contribution in [2.45, 2.75) is 43.5 Å². The lowest BCUT2D eigenvalue weighted by molar-refractivity contribution is -0.134. The molecule has 35 heavy (non-hydrogen) atoms. The molecule has 0 spiro atoms. The van der Waals surface area contributed by atoms with E-state index >= 15 is 0 Å². The first-order valence-corrected chi connectivity index (χ1v) is 13.0. The number of nitrogens with one attached hydrogen (secondary N) is 1. The van der Waals surface area contributed by atoms with Gasteiger partial charge < -0.3 is 9.80 Å². The maximum Gasteiger partial charge on any atom is 0.291 e. The zero-order chi connectivity index (χ0) is 24.7. The normalized spacial score (nSPS) is 17.4. The molecule has 1 amide bonds. The molecule has 9 nitrogen and oxygen atoms in total. The van der Waals surface area contributed by atoms with Crippen LogP contribution in [-0.2, 0) is 4.79 Å². The van der Waals surface area contributed by atoms with Crippen LogP contribution in [0, 0.1) is 17.2 Å². The summed E-state index contributed by atoms with van der Waals surface area (Å²) in [5, 5.41) is 22.2. The summed E-state index contributed by atoms with van der Waals surface area (Å²) in [6, 6.07) is 6.28. The van der Waals surface area contributed by atoms with E-state index in [1.54, 1.807) is 6.20 Å². The van der Waals surface area contributed by atoms with Gasteiger partial charge in [-0.1, -0.05) is 25.2 Å². The maximum atomic E-state index is 13.1. The molecule has 2 aliphatic rings. The Labute approximate surface area is 209 Å². The summed E-state index contributed by atoms with van der Waals surface area (Å²) in [5.41, 5.74) is 1.15. The molecule has 1 saturated carbocycles. The number of carbonyl (C=O) groups excluding carboxylic acids is 1. The molecule has 2 fully saturated rings. The van der Waals surface area contributed by atoms with Crippen LogP contribution in [0.1, 0.15) is 38.1 Å². The quantitative estimate of drug-likeness (QED) is 0.472. The fourth-order valence-corrected chi connectivity index (χ4v) is 5.58. The second-order valence-corrected chi connectivity index (χ2v) is 10.9. The molecule has 0 unspecified atom stereocenters. The highest BCUT2D eigenvalue weighted by molar-refractivity contribution is 7.97. The highest BCUT2D eigenvalue weighted by Gasteiger charge is 2.43. The molecule has 1 saturated heterocycles. The largest absolute Gasteiger partial charge is 0.367 e. The molecule has 3 aromatic rings. The number of hydrogen-bond acceptors (Lipinski definition) is 9. The second kappa shape index (κ2) is 9.33. The Kier molecular flexibility index (Phi) is 6.37. The van der Waals surface area contributed by atoms with Crippen LogP contribution < -0.4 is 9.62 Å². The van der Waals surface area contributed by atoms with Crippen molar-refractivity contribution in [2.24, 2.45) is 5.92 Å². The summed E-state index contributed by atoms with van der Waals surface area (Å²) in [6.45, 7) is 6.37. The predicted molar refractivity (Wildman–Crippen MR) is 130 cm³/mol. The van der Waals surface area contributed by atoms with E-state index in [9.17, 15) is 18.8 Å². The van der Waals surface area contributed by atoms with E-state index in [1.807, 2.05) is 30.9 Å². The van der Waals surface area contributed by atoms with Gasteiger partial charge in [-0.15, -0.1) is 10.2 Å². The Morgan fingerprint density at radius 2 is 1.97 bits per heavy atom. The topological polar surface area (TPSA) is 103 Å². The average Bonchev–Trinajstić information content (AvgIpc) is 3.25. The predicted octanol–water partition coefficient (Wildman–Crippen LogP) is 3.77. The Hall–Kier alpha value is -2.82. The Morgan fingerprint density at radius 3 is 2.57 bits per heavy atom. The van der Waals surface area contributed by atoms with Crippen molar-refractivity contribution in [2.75, 3.05) is 31.1 Å². The number of nitriles is 1. The average molecular weight is 519 g/mol. The summed E-state index contributed by atoms with van der Waals surface area (Å²) in [7, 11) is 0. The van der Waals surface area contributed by atoms with Crippen molar-refractivity contribution in [1.29, 1.82) is 5.26 Å². The minimum atomic E-state index is -2.69. The van der Waals surface area contributed by atoms with Gasteiger partial charge in [0.05, 0.1) is 17.8 Å². The molecule has 13 heteroatoms. The first-order chi connectivity index (χ1) is 16.8. The van der Waals surface area contributed by atoms with Crippen molar-refractivity contribution in [3.63, 3.8) is 0 Å². The number of halogens is 2. The molecule has 184 valence electrons. The number of piperazine rings is 1. The van der Waals surface area contributed by atoms with E-state index in [-0.39, 0.29) is 22.0 Å². The van der Waals surface area contributed by atoms with Crippen LogP contribution in [0.5, 0.6) is 0 Å². The first kappa shape index (κ1) is 23.9. The van der Waals surface area contributed by atoms with Crippen LogP contribution in [0.25, 0.3) is 16.0 Å². The van der Waals surface area contributed by atoms with Gasteiger partial charge in [-0.05, 0) is 36.9 Å². The highest BCUT2D eigenvalue weighted by atomic mass is 32.2. The molecule has 0 atom stereocenters. The number of aromatic nitrogens is 4. The molecule has 3 heterocycles. The Balaban J connectivity index is 1.49. The van der Waals surface area contributed by atoms with Gasteiger partial charge in [0.15, 0.2) is 5.01 Å². The highest BCUT2D eigenvalue weighted by Crippen LogP contribution is 2.40. The van der Waals surface area contributed by atoms with E-state index in [0.29, 0.717) is 31.7 Å². The number of amides is 1. The number of rotatable bonds is 7. The summed E-state index contributed by atoms with van der Waals surface area (Å²) < 4.78 is 31.0. The SMILES string of the molecule is CC(C)C(=O)N1CCN(c2cc(SNC3(C#N)CC3)cc3c2cnn3-c2nnc(C(F)F)s2)CC1. The third kappa shape index (κ3) is 4.70. The van der Waals surface area contributed by atoms with Crippen LogP contribution in [0.3, 0.4) is 0 Å². The molecule has 0 radical (unpaired) electrons. The van der Waals surface area contributed by atoms with E-state index < -0.39 is 12.0 Å². The number of hydrogen-bond donors (Lipinski definition) is 1. The molecule has 1 aliphatic carbocycles. The number of anilines is 1. The molecule has 1 N–H and O–H groups in total. The molecular formula is C22H24F2N8OS2. The lowest BCUT2D eigenvalue weighted by atomic mass is 10.1. The van der Waals surface area contributed by atoms with Crippen molar-refractivity contribution >= 4 is 45.8 Å². The van der Waals surface area contributed by atoms with Crippen molar-refractivity contribution in [3.05, 3.63) is 23.3 Å². The van der Waals surface area contributed by atoms with Crippen LogP contribution in [0.15, 0.2) is 23.2 Å². The molecule has 5 rings (SSSR count). The lowest BCUT2D eigenvalue weighted by Crippen LogP contribution is -2.50. The third-order valence-electron chi connectivity index (χ3n) is 6.19. The van der Waals surface area contributed by atoms with E-state index in [2.05, 4.69) is 31.0 Å². The Bertz CT molecular complexity index is 1290. The maximum absolute atomic E-state index is 13.1. The second-order valence-electron chi connectivity index (χ2n) is 9.02. The number of fused-ring (bicyclic) bond motifs is 1. The van der Waals surface area contributed by atoms with Gasteiger partial charge in [-0.25, -0.2) is 18.2 Å². The van der Waals surface area contributed by atoms with E-state index in [4.69, 9.17) is 0 Å². The van der Waals surface area contributed by atoms with E-state index in [0.717, 1.165) is 40.1 Å². The van der Waals surface area contributed by atoms with Gasteiger partial charge in [-0.2, -0.15) is 10.4 Å². The lowest BCUT2D eigenvalue weighted by Gasteiger charge is -2.37. The minimum Gasteiger partial charge on any atom is -0.367 e. The van der Waals surface area contributed by atoms with Crippen molar-refractivity contribution < 1.29 is 13.6 Å². The van der Waals surface area contributed by atoms with Crippen LogP contribution in [0.4, 0.5) is 14.5 Å². The summed E-state index contributed by atoms with van der Waals surface area (Å²) in [5.74, 6) is 0.102. The standard InChI is InChI=1S/C22H24F2N8OS2/c1-13(2)20(33)31-7-5-30(6-8-31)16-9-14(35-29-22(12-25)3-4-22)10-17-15(16)11-26-32(17)21-28-27-19(34-21)18(23)24/h9-11,13,18,29H,3-8H2,1-2H3. The fourth-order valence-electron chi connectivity index (χ4n) is 4.01. The first-order valence-electron chi connectivity index (χ1n) is 11.3. The summed E-state index contributed by atoms with van der Waals surface area (Å²) in [6.07, 6.45) is 0.617.